The summed E-state index contributed by atoms with van der Waals surface area (Å²) in [6.07, 6.45) is 0. The third kappa shape index (κ3) is 2.96. The number of halogens is 4. The number of benzene rings is 2. The molecule has 19 heavy (non-hydrogen) atoms. The number of rotatable bonds is 3. The van der Waals surface area contributed by atoms with Crippen LogP contribution in [0.2, 0.25) is 0 Å². The second kappa shape index (κ2) is 5.17. The van der Waals surface area contributed by atoms with Crippen molar-refractivity contribution in [2.24, 2.45) is 0 Å². The maximum atomic E-state index is 13.3. The van der Waals surface area contributed by atoms with E-state index in [2.05, 4.69) is 5.32 Å². The quantitative estimate of drug-likeness (QED) is 0.662. The lowest BCUT2D eigenvalue weighted by Crippen LogP contribution is -2.06. The van der Waals surface area contributed by atoms with Crippen LogP contribution in [0.25, 0.3) is 0 Å². The maximum Gasteiger partial charge on any atom is 0.151 e. The Labute approximate surface area is 106 Å². The van der Waals surface area contributed by atoms with Gasteiger partial charge in [0, 0.05) is 18.2 Å². The van der Waals surface area contributed by atoms with Crippen molar-refractivity contribution < 1.29 is 17.6 Å². The molecule has 0 aliphatic rings. The van der Waals surface area contributed by atoms with Crippen molar-refractivity contribution in [1.29, 1.82) is 0 Å². The number of nitrogens with two attached hydrogens (primary N) is 1. The molecule has 0 saturated carbocycles. The fourth-order valence-corrected chi connectivity index (χ4v) is 1.60. The van der Waals surface area contributed by atoms with Crippen LogP contribution < -0.4 is 11.1 Å². The Balaban J connectivity index is 2.21. The van der Waals surface area contributed by atoms with E-state index in [1.165, 1.54) is 0 Å². The number of nitrogen functional groups attached to an aromatic ring is 1. The summed E-state index contributed by atoms with van der Waals surface area (Å²) < 4.78 is 52.5. The van der Waals surface area contributed by atoms with E-state index in [-0.39, 0.29) is 23.5 Å². The van der Waals surface area contributed by atoms with Gasteiger partial charge in [0.15, 0.2) is 5.82 Å². The molecular formula is C13H10F4N2. The van der Waals surface area contributed by atoms with Crippen LogP contribution in [-0.2, 0) is 6.54 Å². The Morgan fingerprint density at radius 3 is 2.37 bits per heavy atom. The van der Waals surface area contributed by atoms with Crippen molar-refractivity contribution in [3.8, 4) is 0 Å². The molecule has 100 valence electrons. The van der Waals surface area contributed by atoms with Crippen LogP contribution in [0.15, 0.2) is 30.3 Å². The fraction of sp³-hybridized carbons (Fsp3) is 0.0769. The summed E-state index contributed by atoms with van der Waals surface area (Å²) in [5, 5.41) is 2.57. The lowest BCUT2D eigenvalue weighted by Gasteiger charge is -2.11. The van der Waals surface area contributed by atoms with E-state index in [1.807, 2.05) is 0 Å². The Morgan fingerprint density at radius 1 is 0.895 bits per heavy atom. The first kappa shape index (κ1) is 13.2. The monoisotopic (exact) mass is 270 g/mol. The van der Waals surface area contributed by atoms with Crippen LogP contribution in [0.5, 0.6) is 0 Å². The number of anilines is 2. The van der Waals surface area contributed by atoms with E-state index in [0.29, 0.717) is 6.07 Å². The number of nitrogens with one attached hydrogen (secondary N) is 1. The molecule has 0 radical (unpaired) electrons. The summed E-state index contributed by atoms with van der Waals surface area (Å²) >= 11 is 0. The zero-order chi connectivity index (χ0) is 14.0. The van der Waals surface area contributed by atoms with Crippen molar-refractivity contribution in [2.45, 2.75) is 6.54 Å². The average molecular weight is 270 g/mol. The van der Waals surface area contributed by atoms with Crippen molar-refractivity contribution >= 4 is 11.4 Å². The summed E-state index contributed by atoms with van der Waals surface area (Å²) in [5.74, 6) is -2.95. The SMILES string of the molecule is Nc1c(F)cc(F)cc1NCc1cc(F)ccc1F. The molecule has 0 heterocycles. The second-order valence-corrected chi connectivity index (χ2v) is 3.94. The standard InChI is InChI=1S/C13H10F4N2/c14-8-1-2-10(16)7(3-8)6-19-12-5-9(15)4-11(17)13(12)18/h1-5,19H,6,18H2. The van der Waals surface area contributed by atoms with Crippen molar-refractivity contribution in [1.82, 2.24) is 0 Å². The average Bonchev–Trinajstić information content (AvgIpc) is 2.35. The number of hydrogen-bond donors (Lipinski definition) is 2. The zero-order valence-electron chi connectivity index (χ0n) is 9.68. The molecule has 2 nitrogen and oxygen atoms in total. The van der Waals surface area contributed by atoms with Gasteiger partial charge in [0.25, 0.3) is 0 Å². The Bertz CT molecular complexity index is 614. The van der Waals surface area contributed by atoms with Crippen LogP contribution in [0.3, 0.4) is 0 Å². The predicted molar refractivity (Wildman–Crippen MR) is 64.5 cm³/mol. The van der Waals surface area contributed by atoms with Gasteiger partial charge in [-0.05, 0) is 24.3 Å². The van der Waals surface area contributed by atoms with E-state index in [0.717, 1.165) is 24.3 Å². The molecule has 2 aromatic rings. The molecular weight excluding hydrogens is 260 g/mol. The van der Waals surface area contributed by atoms with Gasteiger partial charge in [-0.3, -0.25) is 0 Å². The molecule has 0 saturated heterocycles. The molecule has 0 bridgehead atoms. The van der Waals surface area contributed by atoms with Crippen molar-refractivity contribution in [3.05, 3.63) is 59.2 Å². The van der Waals surface area contributed by atoms with E-state index >= 15 is 0 Å². The molecule has 0 atom stereocenters. The van der Waals surface area contributed by atoms with Crippen LogP contribution >= 0.6 is 0 Å². The van der Waals surface area contributed by atoms with E-state index in [9.17, 15) is 17.6 Å². The van der Waals surface area contributed by atoms with Crippen molar-refractivity contribution in [2.75, 3.05) is 11.1 Å². The Morgan fingerprint density at radius 2 is 1.63 bits per heavy atom. The highest BCUT2D eigenvalue weighted by Gasteiger charge is 2.09. The third-order valence-electron chi connectivity index (χ3n) is 2.57. The minimum atomic E-state index is -0.915. The summed E-state index contributed by atoms with van der Waals surface area (Å²) in [4.78, 5) is 0. The first-order valence-electron chi connectivity index (χ1n) is 5.39. The molecule has 0 aliphatic carbocycles. The van der Waals surface area contributed by atoms with E-state index in [4.69, 9.17) is 5.73 Å². The van der Waals surface area contributed by atoms with Gasteiger partial charge < -0.3 is 11.1 Å². The van der Waals surface area contributed by atoms with E-state index in [1.54, 1.807) is 0 Å². The molecule has 0 aliphatic heterocycles. The molecule has 0 aromatic heterocycles. The van der Waals surface area contributed by atoms with Gasteiger partial charge in [-0.2, -0.15) is 0 Å². The highest BCUT2D eigenvalue weighted by molar-refractivity contribution is 5.66. The van der Waals surface area contributed by atoms with Crippen LogP contribution in [-0.4, -0.2) is 0 Å². The molecule has 0 spiro atoms. The summed E-state index contributed by atoms with van der Waals surface area (Å²) in [5.41, 5.74) is 5.15. The molecule has 2 aromatic carbocycles. The summed E-state index contributed by atoms with van der Waals surface area (Å²) in [6, 6.07) is 4.57. The first-order chi connectivity index (χ1) is 8.97. The van der Waals surface area contributed by atoms with Gasteiger partial charge in [0.1, 0.15) is 17.5 Å². The fourth-order valence-electron chi connectivity index (χ4n) is 1.60. The molecule has 0 fully saturated rings. The first-order valence-corrected chi connectivity index (χ1v) is 5.39. The Hall–Kier alpha value is -2.24. The number of hydrogen-bond acceptors (Lipinski definition) is 2. The molecule has 0 amide bonds. The van der Waals surface area contributed by atoms with E-state index < -0.39 is 23.3 Å². The highest BCUT2D eigenvalue weighted by atomic mass is 19.1. The van der Waals surface area contributed by atoms with Crippen LogP contribution in [0, 0.1) is 23.3 Å². The third-order valence-corrected chi connectivity index (χ3v) is 2.57. The molecule has 2 rings (SSSR count). The van der Waals surface area contributed by atoms with Gasteiger partial charge in [-0.25, -0.2) is 17.6 Å². The summed E-state index contributed by atoms with van der Waals surface area (Å²) in [7, 11) is 0. The van der Waals surface area contributed by atoms with Gasteiger partial charge in [-0.1, -0.05) is 0 Å². The van der Waals surface area contributed by atoms with Crippen LogP contribution in [0.1, 0.15) is 5.56 Å². The topological polar surface area (TPSA) is 38.0 Å². The minimum Gasteiger partial charge on any atom is -0.395 e. The zero-order valence-corrected chi connectivity index (χ0v) is 9.68. The van der Waals surface area contributed by atoms with Crippen LogP contribution in [0.4, 0.5) is 28.9 Å². The molecule has 3 N–H and O–H groups in total. The van der Waals surface area contributed by atoms with Gasteiger partial charge in [-0.15, -0.1) is 0 Å². The summed E-state index contributed by atoms with van der Waals surface area (Å²) in [6.45, 7) is -0.142. The molecule has 6 heteroatoms. The lowest BCUT2D eigenvalue weighted by molar-refractivity contribution is 0.584. The largest absolute Gasteiger partial charge is 0.395 e. The van der Waals surface area contributed by atoms with Gasteiger partial charge in [0.2, 0.25) is 0 Å². The Kier molecular flexibility index (Phi) is 3.59. The van der Waals surface area contributed by atoms with Gasteiger partial charge in [0.05, 0.1) is 11.4 Å². The highest BCUT2D eigenvalue weighted by Crippen LogP contribution is 2.24. The second-order valence-electron chi connectivity index (χ2n) is 3.94. The predicted octanol–water partition coefficient (Wildman–Crippen LogP) is 3.44. The van der Waals surface area contributed by atoms with Gasteiger partial charge >= 0.3 is 0 Å². The lowest BCUT2D eigenvalue weighted by atomic mass is 10.2. The molecule has 0 unspecified atom stereocenters. The maximum absolute atomic E-state index is 13.3. The van der Waals surface area contributed by atoms with Crippen molar-refractivity contribution in [3.63, 3.8) is 0 Å². The minimum absolute atomic E-state index is 0.0128. The normalized spacial score (nSPS) is 10.5. The smallest absolute Gasteiger partial charge is 0.151 e.